The fourth-order valence-corrected chi connectivity index (χ4v) is 0.710. The van der Waals surface area contributed by atoms with E-state index in [-0.39, 0.29) is 0 Å². The number of carbonyl (C=O) groups is 1. The van der Waals surface area contributed by atoms with Gasteiger partial charge in [-0.25, -0.2) is 0 Å². The molecule has 0 aliphatic carbocycles. The minimum absolute atomic E-state index is 0.529. The third-order valence-electron chi connectivity index (χ3n) is 1.16. The molecule has 0 fully saturated rings. The van der Waals surface area contributed by atoms with Crippen LogP contribution in [0.3, 0.4) is 0 Å². The van der Waals surface area contributed by atoms with E-state index >= 15 is 0 Å². The molecule has 0 saturated carbocycles. The van der Waals surface area contributed by atoms with Crippen molar-refractivity contribution in [2.24, 2.45) is 0 Å². The minimum atomic E-state index is 0.529. The van der Waals surface area contributed by atoms with Crippen LogP contribution in [0.2, 0.25) is 0 Å². The lowest BCUT2D eigenvalue weighted by molar-refractivity contribution is -0.107. The van der Waals surface area contributed by atoms with Crippen molar-refractivity contribution in [1.82, 2.24) is 0 Å². The molecule has 1 aromatic rings. The fourth-order valence-electron chi connectivity index (χ4n) is 0.710. The summed E-state index contributed by atoms with van der Waals surface area (Å²) in [4.78, 5) is 9.97. The second kappa shape index (κ2) is 6.75. The summed E-state index contributed by atoms with van der Waals surface area (Å²) >= 11 is 0. The third kappa shape index (κ3) is 4.09. The van der Waals surface area contributed by atoms with Crippen LogP contribution < -0.4 is 0 Å². The topological polar surface area (TPSA) is 17.1 Å². The molecule has 0 saturated heterocycles. The second-order valence-corrected chi connectivity index (χ2v) is 1.86. The first-order valence-electron chi connectivity index (χ1n) is 3.41. The molecule has 1 aromatic carbocycles. The van der Waals surface area contributed by atoms with E-state index in [4.69, 9.17) is 0 Å². The maximum absolute atomic E-state index is 9.97. The molecule has 1 heteroatoms. The average molecular weight is 148 g/mol. The van der Waals surface area contributed by atoms with E-state index in [1.807, 2.05) is 30.3 Å². The SMILES string of the molecule is C=C.O=CCc1ccccc1. The van der Waals surface area contributed by atoms with Crippen molar-refractivity contribution in [2.45, 2.75) is 6.42 Å². The molecule has 58 valence electrons. The Bertz CT molecular complexity index is 191. The van der Waals surface area contributed by atoms with Gasteiger partial charge in [-0.2, -0.15) is 0 Å². The lowest BCUT2D eigenvalue weighted by Gasteiger charge is -1.89. The predicted octanol–water partition coefficient (Wildman–Crippen LogP) is 2.23. The van der Waals surface area contributed by atoms with Gasteiger partial charge in [0.15, 0.2) is 0 Å². The number of aldehydes is 1. The normalized spacial score (nSPS) is 7.64. The van der Waals surface area contributed by atoms with Crippen molar-refractivity contribution in [2.75, 3.05) is 0 Å². The number of hydrogen-bond donors (Lipinski definition) is 0. The zero-order valence-corrected chi connectivity index (χ0v) is 6.49. The molecule has 0 aromatic heterocycles. The minimum Gasteiger partial charge on any atom is -0.303 e. The summed E-state index contributed by atoms with van der Waals surface area (Å²) in [5, 5.41) is 0. The molecule has 0 unspecified atom stereocenters. The van der Waals surface area contributed by atoms with Gasteiger partial charge in [0.2, 0.25) is 0 Å². The van der Waals surface area contributed by atoms with Gasteiger partial charge >= 0.3 is 0 Å². The first-order valence-corrected chi connectivity index (χ1v) is 3.41. The van der Waals surface area contributed by atoms with E-state index in [2.05, 4.69) is 13.2 Å². The smallest absolute Gasteiger partial charge is 0.124 e. The zero-order chi connectivity index (χ0) is 8.53. The molecule has 11 heavy (non-hydrogen) atoms. The van der Waals surface area contributed by atoms with Crippen molar-refractivity contribution >= 4 is 6.29 Å². The van der Waals surface area contributed by atoms with Gasteiger partial charge in [-0.3, -0.25) is 0 Å². The summed E-state index contributed by atoms with van der Waals surface area (Å²) in [6.07, 6.45) is 1.44. The highest BCUT2D eigenvalue weighted by Crippen LogP contribution is 1.96. The Morgan fingerprint density at radius 3 is 2.18 bits per heavy atom. The Morgan fingerprint density at radius 1 is 1.18 bits per heavy atom. The van der Waals surface area contributed by atoms with E-state index in [1.165, 1.54) is 0 Å². The van der Waals surface area contributed by atoms with Crippen molar-refractivity contribution in [3.63, 3.8) is 0 Å². The van der Waals surface area contributed by atoms with Gasteiger partial charge in [-0.15, -0.1) is 13.2 Å². The van der Waals surface area contributed by atoms with Gasteiger partial charge in [0.05, 0.1) is 0 Å². The van der Waals surface area contributed by atoms with Crippen LogP contribution in [0.5, 0.6) is 0 Å². The first kappa shape index (κ1) is 9.63. The van der Waals surface area contributed by atoms with Gasteiger partial charge < -0.3 is 4.79 Å². The summed E-state index contributed by atoms with van der Waals surface area (Å²) in [5.74, 6) is 0. The van der Waals surface area contributed by atoms with Gasteiger partial charge in [0.1, 0.15) is 6.29 Å². The highest BCUT2D eigenvalue weighted by atomic mass is 16.1. The number of hydrogen-bond acceptors (Lipinski definition) is 1. The lowest BCUT2D eigenvalue weighted by atomic mass is 10.2. The number of carbonyl (C=O) groups excluding carboxylic acids is 1. The summed E-state index contributed by atoms with van der Waals surface area (Å²) < 4.78 is 0. The van der Waals surface area contributed by atoms with E-state index in [1.54, 1.807) is 0 Å². The van der Waals surface area contributed by atoms with E-state index in [9.17, 15) is 4.79 Å². The molecule has 1 rings (SSSR count). The van der Waals surface area contributed by atoms with E-state index in [0.717, 1.165) is 11.8 Å². The van der Waals surface area contributed by atoms with Crippen molar-refractivity contribution in [1.29, 1.82) is 0 Å². The first-order chi connectivity index (χ1) is 5.43. The molecule has 0 radical (unpaired) electrons. The Balaban J connectivity index is 0.000000461. The van der Waals surface area contributed by atoms with Crippen LogP contribution in [0, 0.1) is 0 Å². The summed E-state index contributed by atoms with van der Waals surface area (Å²) in [6, 6.07) is 9.68. The summed E-state index contributed by atoms with van der Waals surface area (Å²) in [6.45, 7) is 6.00. The Hall–Kier alpha value is -1.37. The molecule has 0 heterocycles. The monoisotopic (exact) mass is 148 g/mol. The molecule has 0 spiro atoms. The van der Waals surface area contributed by atoms with Crippen molar-refractivity contribution in [3.8, 4) is 0 Å². The second-order valence-electron chi connectivity index (χ2n) is 1.86. The Kier molecular flexibility index (Phi) is 5.91. The highest BCUT2D eigenvalue weighted by Gasteiger charge is 1.84. The van der Waals surface area contributed by atoms with Crippen molar-refractivity contribution < 1.29 is 4.79 Å². The van der Waals surface area contributed by atoms with E-state index in [0.29, 0.717) is 6.42 Å². The third-order valence-corrected chi connectivity index (χ3v) is 1.16. The molecule has 0 aliphatic heterocycles. The summed E-state index contributed by atoms with van der Waals surface area (Å²) in [7, 11) is 0. The van der Waals surface area contributed by atoms with Crippen LogP contribution in [0.25, 0.3) is 0 Å². The van der Waals surface area contributed by atoms with Gasteiger partial charge in [0.25, 0.3) is 0 Å². The standard InChI is InChI=1S/C8H8O.C2H4/c9-7-6-8-4-2-1-3-5-8;1-2/h1-5,7H,6H2;1-2H2. The molecular weight excluding hydrogens is 136 g/mol. The maximum Gasteiger partial charge on any atom is 0.124 e. The highest BCUT2D eigenvalue weighted by molar-refractivity contribution is 5.54. The molecule has 1 nitrogen and oxygen atoms in total. The molecule has 0 aliphatic rings. The fraction of sp³-hybridized carbons (Fsp3) is 0.100. The largest absolute Gasteiger partial charge is 0.303 e. The number of benzene rings is 1. The quantitative estimate of drug-likeness (QED) is 0.464. The van der Waals surface area contributed by atoms with Crippen molar-refractivity contribution in [3.05, 3.63) is 49.1 Å². The maximum atomic E-state index is 9.97. The molecule has 0 N–H and O–H groups in total. The summed E-state index contributed by atoms with van der Waals surface area (Å²) in [5.41, 5.74) is 1.08. The predicted molar refractivity (Wildman–Crippen MR) is 47.5 cm³/mol. The van der Waals surface area contributed by atoms with Crippen LogP contribution >= 0.6 is 0 Å². The van der Waals surface area contributed by atoms with Gasteiger partial charge in [-0.1, -0.05) is 30.3 Å². The van der Waals surface area contributed by atoms with Crippen LogP contribution in [0.15, 0.2) is 43.5 Å². The molecule has 0 atom stereocenters. The Morgan fingerprint density at radius 2 is 1.73 bits per heavy atom. The number of rotatable bonds is 2. The zero-order valence-electron chi connectivity index (χ0n) is 6.49. The molecular formula is C10H12O. The van der Waals surface area contributed by atoms with Crippen LogP contribution in [0.1, 0.15) is 5.56 Å². The molecule has 0 bridgehead atoms. The van der Waals surface area contributed by atoms with Gasteiger partial charge in [-0.05, 0) is 5.56 Å². The Labute approximate surface area is 67.4 Å². The van der Waals surface area contributed by atoms with Gasteiger partial charge in [0, 0.05) is 6.42 Å². The van der Waals surface area contributed by atoms with Crippen LogP contribution in [-0.4, -0.2) is 6.29 Å². The van der Waals surface area contributed by atoms with E-state index < -0.39 is 0 Å². The average Bonchev–Trinajstić information content (AvgIpc) is 2.11. The molecule has 0 amide bonds. The lowest BCUT2D eigenvalue weighted by Crippen LogP contribution is -1.82. The van der Waals surface area contributed by atoms with Crippen LogP contribution in [0.4, 0.5) is 0 Å². The van der Waals surface area contributed by atoms with Crippen LogP contribution in [-0.2, 0) is 11.2 Å².